The monoisotopic (exact) mass is 336 g/mol. The summed E-state index contributed by atoms with van der Waals surface area (Å²) in [7, 11) is 0. The molecule has 1 aromatic rings. The van der Waals surface area contributed by atoms with Gasteiger partial charge in [0.05, 0.1) is 0 Å². The Morgan fingerprint density at radius 3 is 2.58 bits per heavy atom. The second-order valence-corrected chi connectivity index (χ2v) is 7.17. The van der Waals surface area contributed by atoms with Gasteiger partial charge in [0.15, 0.2) is 0 Å². The van der Waals surface area contributed by atoms with Crippen molar-refractivity contribution in [3.8, 4) is 0 Å². The van der Waals surface area contributed by atoms with Crippen LogP contribution in [0.1, 0.15) is 64.3 Å². The zero-order chi connectivity index (χ0) is 16.9. The molecule has 7 heteroatoms. The van der Waals surface area contributed by atoms with Crippen LogP contribution in [0.15, 0.2) is 9.59 Å². The van der Waals surface area contributed by atoms with Crippen molar-refractivity contribution < 1.29 is 4.74 Å². The van der Waals surface area contributed by atoms with Crippen molar-refractivity contribution in [1.29, 1.82) is 0 Å². The van der Waals surface area contributed by atoms with Gasteiger partial charge in [-0.2, -0.15) is 4.98 Å². The Balaban J connectivity index is 1.66. The van der Waals surface area contributed by atoms with Gasteiger partial charge in [0.1, 0.15) is 0 Å². The van der Waals surface area contributed by atoms with E-state index >= 15 is 0 Å². The standard InChI is InChI=1S/C17H28N4O3/c1-12(11-13-5-3-2-4-6-13)18-15-19-16(22)21(17(23)20-15)14-7-9-24-10-8-14/h12-14H,2-11H2,1H3,(H2,18,19,20,22,23). The van der Waals surface area contributed by atoms with E-state index in [1.807, 2.05) is 0 Å². The Kier molecular flexibility index (Phi) is 5.71. The summed E-state index contributed by atoms with van der Waals surface area (Å²) in [5, 5.41) is 3.20. The maximum Gasteiger partial charge on any atom is 0.355 e. The lowest BCUT2D eigenvalue weighted by Gasteiger charge is -2.25. The van der Waals surface area contributed by atoms with Gasteiger partial charge in [-0.3, -0.25) is 4.98 Å². The average molecular weight is 336 g/mol. The molecule has 3 rings (SSSR count). The fraction of sp³-hybridized carbons (Fsp3) is 0.824. The molecule has 1 saturated heterocycles. The fourth-order valence-electron chi connectivity index (χ4n) is 3.97. The molecule has 1 aliphatic carbocycles. The van der Waals surface area contributed by atoms with E-state index in [2.05, 4.69) is 22.2 Å². The molecule has 2 N–H and O–H groups in total. The SMILES string of the molecule is CC(CC1CCCCC1)Nc1nc(=O)n(C2CCOCC2)c(=O)[nH]1. The minimum Gasteiger partial charge on any atom is -0.381 e. The quantitative estimate of drug-likeness (QED) is 0.859. The predicted octanol–water partition coefficient (Wildman–Crippen LogP) is 2.05. The van der Waals surface area contributed by atoms with Crippen molar-refractivity contribution in [3.05, 3.63) is 21.0 Å². The molecule has 134 valence electrons. The minimum absolute atomic E-state index is 0.115. The van der Waals surface area contributed by atoms with Crippen LogP contribution in [0.2, 0.25) is 0 Å². The molecule has 1 saturated carbocycles. The summed E-state index contributed by atoms with van der Waals surface area (Å²) in [6, 6.07) is 0.0748. The smallest absolute Gasteiger partial charge is 0.355 e. The van der Waals surface area contributed by atoms with Gasteiger partial charge in [0.2, 0.25) is 5.95 Å². The zero-order valence-corrected chi connectivity index (χ0v) is 14.4. The summed E-state index contributed by atoms with van der Waals surface area (Å²) < 4.78 is 6.52. The van der Waals surface area contributed by atoms with Crippen LogP contribution < -0.4 is 16.7 Å². The van der Waals surface area contributed by atoms with E-state index in [0.717, 1.165) is 12.3 Å². The van der Waals surface area contributed by atoms with Crippen molar-refractivity contribution in [3.63, 3.8) is 0 Å². The van der Waals surface area contributed by atoms with Crippen LogP contribution >= 0.6 is 0 Å². The number of hydrogen-bond donors (Lipinski definition) is 2. The van der Waals surface area contributed by atoms with Crippen molar-refractivity contribution in [2.75, 3.05) is 18.5 Å². The molecule has 1 aromatic heterocycles. The number of aromatic amines is 1. The maximum atomic E-state index is 12.3. The second kappa shape index (κ2) is 7.96. The number of hydrogen-bond acceptors (Lipinski definition) is 5. The molecule has 0 spiro atoms. The third kappa shape index (κ3) is 4.26. The highest BCUT2D eigenvalue weighted by molar-refractivity contribution is 5.22. The molecule has 0 amide bonds. The molecule has 24 heavy (non-hydrogen) atoms. The molecule has 7 nitrogen and oxygen atoms in total. The molecule has 0 radical (unpaired) electrons. The van der Waals surface area contributed by atoms with Crippen LogP contribution in [0.3, 0.4) is 0 Å². The lowest BCUT2D eigenvalue weighted by Crippen LogP contribution is -2.42. The number of aromatic nitrogens is 3. The van der Waals surface area contributed by atoms with Crippen LogP contribution in [0.25, 0.3) is 0 Å². The van der Waals surface area contributed by atoms with Crippen molar-refractivity contribution in [2.24, 2.45) is 5.92 Å². The molecular formula is C17H28N4O3. The number of ether oxygens (including phenoxy) is 1. The summed E-state index contributed by atoms with van der Waals surface area (Å²) >= 11 is 0. The van der Waals surface area contributed by atoms with E-state index in [9.17, 15) is 9.59 Å². The topological polar surface area (TPSA) is 89.0 Å². The summed E-state index contributed by atoms with van der Waals surface area (Å²) in [4.78, 5) is 31.4. The molecule has 2 heterocycles. The first-order chi connectivity index (χ1) is 11.6. The van der Waals surface area contributed by atoms with Crippen LogP contribution in [-0.2, 0) is 4.74 Å². The van der Waals surface area contributed by atoms with E-state index in [1.165, 1.54) is 36.7 Å². The van der Waals surface area contributed by atoms with Gasteiger partial charge in [-0.15, -0.1) is 0 Å². The molecule has 1 aliphatic heterocycles. The highest BCUT2D eigenvalue weighted by Gasteiger charge is 2.21. The maximum absolute atomic E-state index is 12.3. The Bertz CT molecular complexity index is 611. The fourth-order valence-corrected chi connectivity index (χ4v) is 3.97. The summed E-state index contributed by atoms with van der Waals surface area (Å²) in [5.41, 5.74) is -0.854. The normalized spacial score (nSPS) is 21.5. The predicted molar refractivity (Wildman–Crippen MR) is 92.5 cm³/mol. The average Bonchev–Trinajstić information content (AvgIpc) is 2.56. The number of nitrogens with zero attached hydrogens (tertiary/aromatic N) is 2. The first kappa shape index (κ1) is 17.2. The lowest BCUT2D eigenvalue weighted by molar-refractivity contribution is 0.0670. The highest BCUT2D eigenvalue weighted by Crippen LogP contribution is 2.27. The van der Waals surface area contributed by atoms with Gasteiger partial charge in [0.25, 0.3) is 0 Å². The second-order valence-electron chi connectivity index (χ2n) is 7.17. The first-order valence-corrected chi connectivity index (χ1v) is 9.20. The highest BCUT2D eigenvalue weighted by atomic mass is 16.5. The van der Waals surface area contributed by atoms with Gasteiger partial charge < -0.3 is 10.1 Å². The summed E-state index contributed by atoms with van der Waals surface area (Å²) in [6.45, 7) is 3.24. The number of nitrogens with one attached hydrogen (secondary N) is 2. The molecule has 1 atom stereocenters. The third-order valence-electron chi connectivity index (χ3n) is 5.21. The largest absolute Gasteiger partial charge is 0.381 e. The van der Waals surface area contributed by atoms with Crippen LogP contribution in [0, 0.1) is 5.92 Å². The van der Waals surface area contributed by atoms with Crippen molar-refractivity contribution in [2.45, 2.75) is 70.4 Å². The molecule has 2 aliphatic rings. The summed E-state index contributed by atoms with van der Waals surface area (Å²) in [5.74, 6) is 1.02. The molecule has 1 unspecified atom stereocenters. The molecule has 0 bridgehead atoms. The Morgan fingerprint density at radius 2 is 1.92 bits per heavy atom. The Morgan fingerprint density at radius 1 is 1.21 bits per heavy atom. The zero-order valence-electron chi connectivity index (χ0n) is 14.4. The van der Waals surface area contributed by atoms with Gasteiger partial charge in [-0.25, -0.2) is 14.2 Å². The number of H-pyrrole nitrogens is 1. The number of rotatable bonds is 5. The van der Waals surface area contributed by atoms with Crippen LogP contribution in [0.4, 0.5) is 5.95 Å². The first-order valence-electron chi connectivity index (χ1n) is 9.20. The molecular weight excluding hydrogens is 308 g/mol. The van der Waals surface area contributed by atoms with Gasteiger partial charge in [0, 0.05) is 25.3 Å². The van der Waals surface area contributed by atoms with Crippen molar-refractivity contribution >= 4 is 5.95 Å². The van der Waals surface area contributed by atoms with E-state index in [1.54, 1.807) is 0 Å². The van der Waals surface area contributed by atoms with E-state index < -0.39 is 5.69 Å². The number of anilines is 1. The minimum atomic E-state index is -0.474. The Labute approximate surface area is 141 Å². The van der Waals surface area contributed by atoms with Gasteiger partial charge >= 0.3 is 11.4 Å². The van der Waals surface area contributed by atoms with E-state index in [0.29, 0.717) is 26.1 Å². The molecule has 0 aromatic carbocycles. The molecule has 2 fully saturated rings. The van der Waals surface area contributed by atoms with Crippen LogP contribution in [0.5, 0.6) is 0 Å². The van der Waals surface area contributed by atoms with Crippen LogP contribution in [-0.4, -0.2) is 33.8 Å². The van der Waals surface area contributed by atoms with Crippen molar-refractivity contribution in [1.82, 2.24) is 14.5 Å². The lowest BCUT2D eigenvalue weighted by atomic mass is 9.85. The van der Waals surface area contributed by atoms with Gasteiger partial charge in [-0.05, 0) is 32.1 Å². The van der Waals surface area contributed by atoms with Gasteiger partial charge in [-0.1, -0.05) is 32.1 Å². The Hall–Kier alpha value is -1.63. The van der Waals surface area contributed by atoms with E-state index in [4.69, 9.17) is 4.74 Å². The van der Waals surface area contributed by atoms with E-state index in [-0.39, 0.29) is 23.7 Å². The summed E-state index contributed by atoms with van der Waals surface area (Å²) in [6.07, 6.45) is 8.93. The third-order valence-corrected chi connectivity index (χ3v) is 5.21.